The second-order valence-corrected chi connectivity index (χ2v) is 7.04. The molecular formula is C17H27NO2. The maximum Gasteiger partial charge on any atom is 0.165 e. The van der Waals surface area contributed by atoms with Crippen molar-refractivity contribution >= 4 is 0 Å². The molecule has 0 amide bonds. The standard InChI is InChI=1S/C17H27NO2/c1-16(2,3)12-10-13(15(20-4)14(19)11-12)17(18)8-6-5-7-9-17/h10-11,19H,5-9,18H2,1-4H3. The minimum absolute atomic E-state index is 0.0243. The molecule has 0 radical (unpaired) electrons. The molecule has 0 spiro atoms. The van der Waals surface area contributed by atoms with Gasteiger partial charge in [-0.3, -0.25) is 0 Å². The van der Waals surface area contributed by atoms with Crippen molar-refractivity contribution in [2.45, 2.75) is 63.8 Å². The summed E-state index contributed by atoms with van der Waals surface area (Å²) in [5.74, 6) is 0.743. The fourth-order valence-electron chi connectivity index (χ4n) is 3.08. The number of hydrogen-bond acceptors (Lipinski definition) is 3. The molecule has 1 aromatic carbocycles. The maximum atomic E-state index is 10.3. The first kappa shape index (κ1) is 15.2. The Hall–Kier alpha value is -1.22. The molecule has 3 heteroatoms. The number of ether oxygens (including phenoxy) is 1. The normalized spacial score (nSPS) is 18.9. The Balaban J connectivity index is 2.57. The Labute approximate surface area is 122 Å². The molecule has 0 heterocycles. The van der Waals surface area contributed by atoms with Crippen LogP contribution >= 0.6 is 0 Å². The van der Waals surface area contributed by atoms with Gasteiger partial charge in [-0.05, 0) is 36.0 Å². The first-order valence-electron chi connectivity index (χ1n) is 7.49. The van der Waals surface area contributed by atoms with Gasteiger partial charge >= 0.3 is 0 Å². The van der Waals surface area contributed by atoms with E-state index in [0.29, 0.717) is 5.75 Å². The van der Waals surface area contributed by atoms with Crippen LogP contribution in [0.5, 0.6) is 11.5 Å². The minimum Gasteiger partial charge on any atom is -0.504 e. The Morgan fingerprint density at radius 2 is 1.75 bits per heavy atom. The topological polar surface area (TPSA) is 55.5 Å². The minimum atomic E-state index is -0.373. The molecule has 0 aromatic heterocycles. The third kappa shape index (κ3) is 2.78. The number of benzene rings is 1. The van der Waals surface area contributed by atoms with Gasteiger partial charge < -0.3 is 15.6 Å². The highest BCUT2D eigenvalue weighted by atomic mass is 16.5. The number of rotatable bonds is 2. The third-order valence-electron chi connectivity index (χ3n) is 4.42. The SMILES string of the molecule is COc1c(O)cc(C(C)(C)C)cc1C1(N)CCCCC1. The van der Waals surface area contributed by atoms with E-state index in [-0.39, 0.29) is 16.7 Å². The Morgan fingerprint density at radius 1 is 1.15 bits per heavy atom. The molecule has 0 atom stereocenters. The highest BCUT2D eigenvalue weighted by Gasteiger charge is 2.34. The summed E-state index contributed by atoms with van der Waals surface area (Å²) < 4.78 is 5.43. The predicted molar refractivity (Wildman–Crippen MR) is 82.3 cm³/mol. The molecule has 1 saturated carbocycles. The summed E-state index contributed by atoms with van der Waals surface area (Å²) in [7, 11) is 1.60. The number of methoxy groups -OCH3 is 1. The summed E-state index contributed by atoms with van der Waals surface area (Å²) in [4.78, 5) is 0. The van der Waals surface area contributed by atoms with Crippen LogP contribution in [-0.4, -0.2) is 12.2 Å². The van der Waals surface area contributed by atoms with Crippen LogP contribution in [0.15, 0.2) is 12.1 Å². The molecular weight excluding hydrogens is 250 g/mol. The van der Waals surface area contributed by atoms with Crippen LogP contribution < -0.4 is 10.5 Å². The number of nitrogens with two attached hydrogens (primary N) is 1. The van der Waals surface area contributed by atoms with Gasteiger partial charge in [0.05, 0.1) is 7.11 Å². The lowest BCUT2D eigenvalue weighted by molar-refractivity contribution is 0.283. The van der Waals surface area contributed by atoms with Gasteiger partial charge in [-0.1, -0.05) is 40.0 Å². The second-order valence-electron chi connectivity index (χ2n) is 7.04. The molecule has 3 N–H and O–H groups in total. The van der Waals surface area contributed by atoms with E-state index in [1.807, 2.05) is 0 Å². The van der Waals surface area contributed by atoms with Gasteiger partial charge in [0.25, 0.3) is 0 Å². The fourth-order valence-corrected chi connectivity index (χ4v) is 3.08. The Morgan fingerprint density at radius 3 is 2.25 bits per heavy atom. The van der Waals surface area contributed by atoms with Gasteiger partial charge in [0.1, 0.15) is 0 Å². The van der Waals surface area contributed by atoms with E-state index in [1.54, 1.807) is 13.2 Å². The summed E-state index contributed by atoms with van der Waals surface area (Å²) in [6.07, 6.45) is 5.43. The maximum absolute atomic E-state index is 10.3. The van der Waals surface area contributed by atoms with E-state index in [2.05, 4.69) is 26.8 Å². The van der Waals surface area contributed by atoms with Crippen molar-refractivity contribution in [3.63, 3.8) is 0 Å². The third-order valence-corrected chi connectivity index (χ3v) is 4.42. The van der Waals surface area contributed by atoms with Crippen molar-refractivity contribution in [1.82, 2.24) is 0 Å². The lowest BCUT2D eigenvalue weighted by Gasteiger charge is -2.36. The highest BCUT2D eigenvalue weighted by Crippen LogP contribution is 2.45. The molecule has 1 aliphatic rings. The molecule has 0 aliphatic heterocycles. The van der Waals surface area contributed by atoms with Crippen LogP contribution in [0, 0.1) is 0 Å². The van der Waals surface area contributed by atoms with Gasteiger partial charge in [-0.2, -0.15) is 0 Å². The monoisotopic (exact) mass is 277 g/mol. The molecule has 1 fully saturated rings. The summed E-state index contributed by atoms with van der Waals surface area (Å²) in [6.45, 7) is 6.42. The van der Waals surface area contributed by atoms with Crippen LogP contribution in [0.25, 0.3) is 0 Å². The smallest absolute Gasteiger partial charge is 0.165 e. The predicted octanol–water partition coefficient (Wildman–Crippen LogP) is 3.82. The van der Waals surface area contributed by atoms with E-state index in [0.717, 1.165) is 36.8 Å². The van der Waals surface area contributed by atoms with Crippen LogP contribution in [0.3, 0.4) is 0 Å². The largest absolute Gasteiger partial charge is 0.504 e. The Bertz CT molecular complexity index is 482. The van der Waals surface area contributed by atoms with Crippen LogP contribution in [0.4, 0.5) is 0 Å². The van der Waals surface area contributed by atoms with Crippen molar-refractivity contribution in [3.05, 3.63) is 23.3 Å². The van der Waals surface area contributed by atoms with Crippen LogP contribution in [0.1, 0.15) is 64.0 Å². The zero-order valence-corrected chi connectivity index (χ0v) is 13.1. The summed E-state index contributed by atoms with van der Waals surface area (Å²) in [6, 6.07) is 3.93. The molecule has 20 heavy (non-hydrogen) atoms. The quantitative estimate of drug-likeness (QED) is 0.864. The Kier molecular flexibility index (Phi) is 4.01. The number of phenols is 1. The number of hydrogen-bond donors (Lipinski definition) is 2. The van der Waals surface area contributed by atoms with Crippen molar-refractivity contribution in [2.24, 2.45) is 5.73 Å². The van der Waals surface area contributed by atoms with E-state index in [4.69, 9.17) is 10.5 Å². The average molecular weight is 277 g/mol. The molecule has 0 bridgehead atoms. The van der Waals surface area contributed by atoms with E-state index >= 15 is 0 Å². The number of phenolic OH excluding ortho intramolecular Hbond substituents is 1. The summed E-state index contributed by atoms with van der Waals surface area (Å²) in [5.41, 5.74) is 8.31. The first-order valence-corrected chi connectivity index (χ1v) is 7.49. The van der Waals surface area contributed by atoms with Gasteiger partial charge in [0, 0.05) is 11.1 Å². The van der Waals surface area contributed by atoms with Crippen molar-refractivity contribution in [1.29, 1.82) is 0 Å². The molecule has 3 nitrogen and oxygen atoms in total. The second kappa shape index (κ2) is 5.28. The van der Waals surface area contributed by atoms with Gasteiger partial charge in [0.2, 0.25) is 0 Å². The van der Waals surface area contributed by atoms with E-state index in [9.17, 15) is 5.11 Å². The molecule has 0 saturated heterocycles. The zero-order valence-electron chi connectivity index (χ0n) is 13.1. The molecule has 0 unspecified atom stereocenters. The fraction of sp³-hybridized carbons (Fsp3) is 0.647. The lowest BCUT2D eigenvalue weighted by Crippen LogP contribution is -2.39. The van der Waals surface area contributed by atoms with Gasteiger partial charge in [-0.15, -0.1) is 0 Å². The van der Waals surface area contributed by atoms with Gasteiger partial charge in [0.15, 0.2) is 11.5 Å². The molecule has 2 rings (SSSR count). The lowest BCUT2D eigenvalue weighted by atomic mass is 9.75. The van der Waals surface area contributed by atoms with E-state index in [1.165, 1.54) is 6.42 Å². The highest BCUT2D eigenvalue weighted by molar-refractivity contribution is 5.53. The summed E-state index contributed by atoms with van der Waals surface area (Å²) in [5, 5.41) is 10.3. The molecule has 112 valence electrons. The number of aromatic hydroxyl groups is 1. The average Bonchev–Trinajstić information content (AvgIpc) is 2.37. The molecule has 1 aromatic rings. The van der Waals surface area contributed by atoms with Crippen molar-refractivity contribution in [2.75, 3.05) is 7.11 Å². The van der Waals surface area contributed by atoms with E-state index < -0.39 is 0 Å². The zero-order chi connectivity index (χ0) is 15.0. The van der Waals surface area contributed by atoms with Crippen molar-refractivity contribution < 1.29 is 9.84 Å². The van der Waals surface area contributed by atoms with Crippen molar-refractivity contribution in [3.8, 4) is 11.5 Å². The first-order chi connectivity index (χ1) is 9.28. The van der Waals surface area contributed by atoms with Crippen LogP contribution in [-0.2, 0) is 11.0 Å². The van der Waals surface area contributed by atoms with Crippen LogP contribution in [0.2, 0.25) is 0 Å². The summed E-state index contributed by atoms with van der Waals surface area (Å²) >= 11 is 0. The van der Waals surface area contributed by atoms with Gasteiger partial charge in [-0.25, -0.2) is 0 Å². The molecule has 1 aliphatic carbocycles.